The van der Waals surface area contributed by atoms with Gasteiger partial charge < -0.3 is 10.2 Å². The predicted molar refractivity (Wildman–Crippen MR) is 48.4 cm³/mol. The van der Waals surface area contributed by atoms with Crippen molar-refractivity contribution in [2.45, 2.75) is 26.1 Å². The molecule has 0 amide bonds. The molecule has 2 nitrogen and oxygen atoms in total. The fourth-order valence-electron chi connectivity index (χ4n) is 1.01. The van der Waals surface area contributed by atoms with Crippen LogP contribution in [-0.4, -0.2) is 16.0 Å². The van der Waals surface area contributed by atoms with Crippen LogP contribution in [0, 0.1) is 0 Å². The van der Waals surface area contributed by atoms with Crippen molar-refractivity contribution in [1.82, 2.24) is 0 Å². The molecule has 0 saturated heterocycles. The summed E-state index contributed by atoms with van der Waals surface area (Å²) < 4.78 is 0. The maximum atomic E-state index is 8.08. The van der Waals surface area contributed by atoms with E-state index in [2.05, 4.69) is 24.3 Å². The molecule has 66 valence electrons. The highest BCUT2D eigenvalue weighted by Gasteiger charge is 2.07. The zero-order valence-electron chi connectivity index (χ0n) is 7.41. The third-order valence-electron chi connectivity index (χ3n) is 1.43. The molecule has 0 radical (unpaired) electrons. The molecule has 0 heterocycles. The van der Waals surface area contributed by atoms with Crippen LogP contribution in [0.5, 0.6) is 0 Å². The van der Waals surface area contributed by atoms with E-state index >= 15 is 0 Å². The fraction of sp³-hybridized carbons (Fsp3) is 0.400. The van der Waals surface area contributed by atoms with Crippen molar-refractivity contribution < 1.29 is 10.2 Å². The molecule has 2 rings (SSSR count). The van der Waals surface area contributed by atoms with Gasteiger partial charge in [-0.3, -0.25) is 0 Å². The number of fused-ring (bicyclic) bond motifs is 2. The van der Waals surface area contributed by atoms with E-state index in [1.165, 1.54) is 31.4 Å². The first kappa shape index (κ1) is 9.23. The van der Waals surface area contributed by atoms with E-state index in [0.717, 1.165) is 0 Å². The zero-order valence-corrected chi connectivity index (χ0v) is 7.41. The molecule has 0 spiro atoms. The van der Waals surface area contributed by atoms with Crippen molar-refractivity contribution in [3.8, 4) is 0 Å². The van der Waals surface area contributed by atoms with Gasteiger partial charge in [0.05, 0.1) is 0 Å². The fourth-order valence-corrected chi connectivity index (χ4v) is 1.01. The van der Waals surface area contributed by atoms with Crippen molar-refractivity contribution in [3.63, 3.8) is 0 Å². The monoisotopic (exact) mass is 166 g/mol. The molecule has 0 aromatic carbocycles. The molecule has 0 atom stereocenters. The molecule has 2 aliphatic rings. The minimum atomic E-state index is -1.50. The first-order chi connectivity index (χ1) is 5.45. The average Bonchev–Trinajstić information content (AvgIpc) is 2.42. The smallest absolute Gasteiger partial charge is 0.156 e. The van der Waals surface area contributed by atoms with Crippen LogP contribution in [0.2, 0.25) is 0 Å². The molecule has 12 heavy (non-hydrogen) atoms. The van der Waals surface area contributed by atoms with Gasteiger partial charge in [-0.1, -0.05) is 24.3 Å². The molecule has 2 N–H and O–H groups in total. The molecule has 0 aliphatic heterocycles. The molecule has 0 aromatic heterocycles. The largest absolute Gasteiger partial charge is 0.366 e. The van der Waals surface area contributed by atoms with E-state index in [-0.39, 0.29) is 0 Å². The van der Waals surface area contributed by atoms with Crippen molar-refractivity contribution in [2.75, 3.05) is 0 Å². The van der Waals surface area contributed by atoms with Crippen LogP contribution in [0.1, 0.15) is 20.3 Å². The predicted octanol–water partition coefficient (Wildman–Crippen LogP) is 1.52. The highest BCUT2D eigenvalue weighted by atomic mass is 16.5. The van der Waals surface area contributed by atoms with E-state index in [1.54, 1.807) is 0 Å². The first-order valence-electron chi connectivity index (χ1n) is 3.98. The quantitative estimate of drug-likeness (QED) is 0.536. The van der Waals surface area contributed by atoms with Gasteiger partial charge in [0.15, 0.2) is 5.79 Å². The van der Waals surface area contributed by atoms with Gasteiger partial charge in [0, 0.05) is 0 Å². The van der Waals surface area contributed by atoms with E-state index in [1.807, 2.05) is 0 Å². The minimum Gasteiger partial charge on any atom is -0.366 e. The molecule has 2 heteroatoms. The minimum absolute atomic E-state index is 1.19. The summed E-state index contributed by atoms with van der Waals surface area (Å²) in [5.74, 6) is -1.50. The lowest BCUT2D eigenvalue weighted by molar-refractivity contribution is -0.127. The normalized spacial score (nSPS) is 18.3. The van der Waals surface area contributed by atoms with Gasteiger partial charge >= 0.3 is 0 Å². The highest BCUT2D eigenvalue weighted by Crippen LogP contribution is 2.27. The Morgan fingerprint density at radius 2 is 1.42 bits per heavy atom. The first-order valence-corrected chi connectivity index (χ1v) is 3.98. The Morgan fingerprint density at radius 1 is 1.08 bits per heavy atom. The molecule has 0 saturated carbocycles. The van der Waals surface area contributed by atoms with Crippen molar-refractivity contribution >= 4 is 0 Å². The molecular formula is C10H14O2. The van der Waals surface area contributed by atoms with Gasteiger partial charge in [-0.2, -0.15) is 0 Å². The van der Waals surface area contributed by atoms with E-state index < -0.39 is 5.79 Å². The second kappa shape index (κ2) is 3.25. The van der Waals surface area contributed by atoms with Crippen LogP contribution in [0.25, 0.3) is 0 Å². The summed E-state index contributed by atoms with van der Waals surface area (Å²) in [4.78, 5) is 0. The number of hydrogen-bond acceptors (Lipinski definition) is 2. The maximum Gasteiger partial charge on any atom is 0.156 e. The van der Waals surface area contributed by atoms with Crippen LogP contribution < -0.4 is 0 Å². The molecule has 0 fully saturated rings. The molecule has 2 aliphatic carbocycles. The summed E-state index contributed by atoms with van der Waals surface area (Å²) in [5, 5.41) is 16.2. The Hall–Kier alpha value is -0.860. The number of aliphatic hydroxyl groups is 2. The van der Waals surface area contributed by atoms with E-state index in [4.69, 9.17) is 10.2 Å². The van der Waals surface area contributed by atoms with Crippen LogP contribution in [0.15, 0.2) is 35.5 Å². The van der Waals surface area contributed by atoms with Crippen LogP contribution in [-0.2, 0) is 0 Å². The molecular weight excluding hydrogens is 152 g/mol. The Morgan fingerprint density at radius 3 is 1.50 bits per heavy atom. The summed E-state index contributed by atoms with van der Waals surface area (Å²) >= 11 is 0. The number of rotatable bonds is 0. The lowest BCUT2D eigenvalue weighted by atomic mass is 10.3. The Bertz CT molecular complexity index is 226. The van der Waals surface area contributed by atoms with Crippen molar-refractivity contribution in [2.24, 2.45) is 0 Å². The lowest BCUT2D eigenvalue weighted by Gasteiger charge is -2.03. The van der Waals surface area contributed by atoms with E-state index in [9.17, 15) is 0 Å². The third kappa shape index (κ3) is 3.51. The summed E-state index contributed by atoms with van der Waals surface area (Å²) in [6, 6.07) is 0. The molecule has 2 bridgehead atoms. The second-order valence-electron chi connectivity index (χ2n) is 3.49. The summed E-state index contributed by atoms with van der Waals surface area (Å²) in [7, 11) is 0. The van der Waals surface area contributed by atoms with Crippen LogP contribution >= 0.6 is 0 Å². The van der Waals surface area contributed by atoms with Gasteiger partial charge in [0.25, 0.3) is 0 Å². The van der Waals surface area contributed by atoms with Gasteiger partial charge in [-0.25, -0.2) is 0 Å². The van der Waals surface area contributed by atoms with Crippen LogP contribution in [0.4, 0.5) is 0 Å². The van der Waals surface area contributed by atoms with Gasteiger partial charge in [-0.05, 0) is 31.4 Å². The summed E-state index contributed by atoms with van der Waals surface area (Å²) in [6.45, 7) is 2.60. The Kier molecular flexibility index (Phi) is 2.50. The molecule has 0 aromatic rings. The molecule has 0 unspecified atom stereocenters. The Balaban J connectivity index is 0.000000130. The van der Waals surface area contributed by atoms with Crippen LogP contribution in [0.3, 0.4) is 0 Å². The van der Waals surface area contributed by atoms with E-state index in [0.29, 0.717) is 0 Å². The topological polar surface area (TPSA) is 40.5 Å². The highest BCUT2D eigenvalue weighted by molar-refractivity contribution is 5.49. The maximum absolute atomic E-state index is 8.08. The standard InChI is InChI=1S/C7H6.C3H8O2/c1-2-7-4-3-6(1)5-7;1-3(2,4)5/h1-4H,5H2;4-5H,1-2H3. The van der Waals surface area contributed by atoms with Gasteiger partial charge in [-0.15, -0.1) is 0 Å². The SMILES string of the molecule is C1=CC2=CC=C1C2.CC(C)(O)O. The number of allylic oxidation sites excluding steroid dienone is 6. The lowest BCUT2D eigenvalue weighted by Crippen LogP contribution is -2.15. The van der Waals surface area contributed by atoms with Gasteiger partial charge in [0.1, 0.15) is 0 Å². The summed E-state index contributed by atoms with van der Waals surface area (Å²) in [6.07, 6.45) is 9.90. The third-order valence-corrected chi connectivity index (χ3v) is 1.43. The van der Waals surface area contributed by atoms with Gasteiger partial charge in [0.2, 0.25) is 0 Å². The second-order valence-corrected chi connectivity index (χ2v) is 3.49. The van der Waals surface area contributed by atoms with Crippen molar-refractivity contribution in [1.29, 1.82) is 0 Å². The number of hydrogen-bond donors (Lipinski definition) is 2. The zero-order chi connectivity index (χ0) is 9.19. The van der Waals surface area contributed by atoms with Crippen molar-refractivity contribution in [3.05, 3.63) is 35.5 Å². The summed E-state index contributed by atoms with van der Waals surface area (Å²) in [5.41, 5.74) is 2.94. The Labute approximate surface area is 72.5 Å². The average molecular weight is 166 g/mol.